The van der Waals surface area contributed by atoms with Gasteiger partial charge < -0.3 is 25.0 Å². The lowest BCUT2D eigenvalue weighted by Crippen LogP contribution is -2.30. The van der Waals surface area contributed by atoms with Crippen molar-refractivity contribution in [2.75, 3.05) is 39.7 Å². The molecule has 2 aromatic rings. The topological polar surface area (TPSA) is 58.1 Å². The molecule has 0 spiro atoms. The average Bonchev–Trinajstić information content (AvgIpc) is 2.92. The third kappa shape index (κ3) is 5.36. The zero-order valence-electron chi connectivity index (χ0n) is 16.6. The van der Waals surface area contributed by atoms with Gasteiger partial charge in [-0.2, -0.15) is 0 Å². The Morgan fingerprint density at radius 1 is 1.11 bits per heavy atom. The normalized spacial score (nSPS) is 14.0. The van der Waals surface area contributed by atoms with Gasteiger partial charge in [0.1, 0.15) is 5.82 Å². The van der Waals surface area contributed by atoms with E-state index in [9.17, 15) is 4.39 Å². The Labute approximate surface area is 165 Å². The molecule has 1 aliphatic heterocycles. The van der Waals surface area contributed by atoms with Crippen LogP contribution in [-0.2, 0) is 13.1 Å². The van der Waals surface area contributed by atoms with E-state index in [1.807, 2.05) is 43.3 Å². The Morgan fingerprint density at radius 2 is 1.89 bits per heavy atom. The third-order valence-electron chi connectivity index (χ3n) is 4.29. The summed E-state index contributed by atoms with van der Waals surface area (Å²) in [6.45, 7) is 2.40. The van der Waals surface area contributed by atoms with Crippen LogP contribution in [0, 0.1) is 5.82 Å². The monoisotopic (exact) mass is 386 g/mol. The van der Waals surface area contributed by atoms with E-state index in [4.69, 9.17) is 9.47 Å². The van der Waals surface area contributed by atoms with E-state index in [-0.39, 0.29) is 5.82 Å². The van der Waals surface area contributed by atoms with Crippen LogP contribution in [0.1, 0.15) is 17.5 Å². The SMILES string of the molecule is CN=C(NCc1ccc(F)c(CN(C)C)c1)Nc1ccc2c(c1)OCCCO2. The van der Waals surface area contributed by atoms with Gasteiger partial charge >= 0.3 is 0 Å². The molecule has 0 saturated carbocycles. The third-order valence-corrected chi connectivity index (χ3v) is 4.29. The Kier molecular flexibility index (Phi) is 6.71. The molecule has 2 N–H and O–H groups in total. The quantitative estimate of drug-likeness (QED) is 0.610. The molecule has 150 valence electrons. The van der Waals surface area contributed by atoms with E-state index in [1.54, 1.807) is 13.1 Å². The molecule has 0 fully saturated rings. The number of fused-ring (bicyclic) bond motifs is 1. The number of nitrogens with zero attached hydrogens (tertiary/aromatic N) is 2. The maximum atomic E-state index is 13.9. The molecule has 0 aromatic heterocycles. The summed E-state index contributed by atoms with van der Waals surface area (Å²) in [5.41, 5.74) is 2.51. The Morgan fingerprint density at radius 3 is 2.64 bits per heavy atom. The van der Waals surface area contributed by atoms with Gasteiger partial charge in [-0.25, -0.2) is 4.39 Å². The highest BCUT2D eigenvalue weighted by atomic mass is 19.1. The Balaban J connectivity index is 1.63. The molecule has 0 unspecified atom stereocenters. The largest absolute Gasteiger partial charge is 0.490 e. The van der Waals surface area contributed by atoms with Crippen LogP contribution in [0.3, 0.4) is 0 Å². The van der Waals surface area contributed by atoms with Gasteiger partial charge in [-0.1, -0.05) is 6.07 Å². The van der Waals surface area contributed by atoms with Crippen LogP contribution in [0.4, 0.5) is 10.1 Å². The molecule has 6 nitrogen and oxygen atoms in total. The average molecular weight is 386 g/mol. The van der Waals surface area contributed by atoms with E-state index < -0.39 is 0 Å². The molecule has 0 radical (unpaired) electrons. The highest BCUT2D eigenvalue weighted by molar-refractivity contribution is 5.93. The van der Waals surface area contributed by atoms with Crippen molar-refractivity contribution in [1.82, 2.24) is 10.2 Å². The zero-order valence-corrected chi connectivity index (χ0v) is 16.6. The van der Waals surface area contributed by atoms with Crippen LogP contribution >= 0.6 is 0 Å². The standard InChI is InChI=1S/C21H27FN4O2/c1-23-21(24-13-15-5-7-18(22)16(11-15)14-26(2)3)25-17-6-8-19-20(12-17)28-10-4-9-27-19/h5-8,11-12H,4,9-10,13-14H2,1-3H3,(H2,23,24,25). The minimum absolute atomic E-state index is 0.188. The van der Waals surface area contributed by atoms with Crippen LogP contribution in [-0.4, -0.2) is 45.2 Å². The van der Waals surface area contributed by atoms with Gasteiger partial charge in [0.15, 0.2) is 17.5 Å². The first kappa shape index (κ1) is 19.9. The van der Waals surface area contributed by atoms with Crippen molar-refractivity contribution in [3.05, 3.63) is 53.3 Å². The van der Waals surface area contributed by atoms with Crippen molar-refractivity contribution in [3.63, 3.8) is 0 Å². The molecular weight excluding hydrogens is 359 g/mol. The van der Waals surface area contributed by atoms with Crippen LogP contribution in [0.15, 0.2) is 41.4 Å². The lowest BCUT2D eigenvalue weighted by Gasteiger charge is -2.15. The number of anilines is 1. The summed E-state index contributed by atoms with van der Waals surface area (Å²) < 4.78 is 25.3. The second-order valence-corrected chi connectivity index (χ2v) is 6.93. The van der Waals surface area contributed by atoms with Crippen molar-refractivity contribution in [2.24, 2.45) is 4.99 Å². The highest BCUT2D eigenvalue weighted by Gasteiger charge is 2.11. The number of benzene rings is 2. The first-order valence-corrected chi connectivity index (χ1v) is 9.34. The highest BCUT2D eigenvalue weighted by Crippen LogP contribution is 2.32. The van der Waals surface area contributed by atoms with E-state index in [0.29, 0.717) is 37.8 Å². The van der Waals surface area contributed by atoms with Crippen LogP contribution in [0.2, 0.25) is 0 Å². The summed E-state index contributed by atoms with van der Waals surface area (Å²) in [5.74, 6) is 1.91. The second-order valence-electron chi connectivity index (χ2n) is 6.93. The lowest BCUT2D eigenvalue weighted by atomic mass is 10.1. The number of hydrogen-bond acceptors (Lipinski definition) is 4. The molecule has 0 saturated heterocycles. The predicted molar refractivity (Wildman–Crippen MR) is 110 cm³/mol. The summed E-state index contributed by atoms with van der Waals surface area (Å²) in [5, 5.41) is 6.51. The fourth-order valence-electron chi connectivity index (χ4n) is 2.94. The fourth-order valence-corrected chi connectivity index (χ4v) is 2.94. The van der Waals surface area contributed by atoms with Gasteiger partial charge in [0, 0.05) is 43.9 Å². The Hall–Kier alpha value is -2.80. The molecule has 1 heterocycles. The first-order chi connectivity index (χ1) is 13.5. The minimum Gasteiger partial charge on any atom is -0.490 e. The van der Waals surface area contributed by atoms with Crippen molar-refractivity contribution >= 4 is 11.6 Å². The number of aliphatic imine (C=N–C) groups is 1. The molecule has 0 atom stereocenters. The molecular formula is C21H27FN4O2. The van der Waals surface area contributed by atoms with E-state index >= 15 is 0 Å². The van der Waals surface area contributed by atoms with Gasteiger partial charge in [-0.3, -0.25) is 4.99 Å². The summed E-state index contributed by atoms with van der Waals surface area (Å²) in [6, 6.07) is 10.9. The van der Waals surface area contributed by atoms with Crippen molar-refractivity contribution in [1.29, 1.82) is 0 Å². The van der Waals surface area contributed by atoms with Crippen LogP contribution < -0.4 is 20.1 Å². The van der Waals surface area contributed by atoms with Crippen molar-refractivity contribution < 1.29 is 13.9 Å². The molecule has 2 aromatic carbocycles. The van der Waals surface area contributed by atoms with E-state index in [1.165, 1.54) is 6.07 Å². The van der Waals surface area contributed by atoms with Gasteiger partial charge in [0.2, 0.25) is 0 Å². The maximum Gasteiger partial charge on any atom is 0.195 e. The molecule has 0 bridgehead atoms. The molecule has 3 rings (SSSR count). The second kappa shape index (κ2) is 9.41. The summed E-state index contributed by atoms with van der Waals surface area (Å²) in [6.07, 6.45) is 0.869. The number of guanidine groups is 1. The molecule has 0 amide bonds. The smallest absolute Gasteiger partial charge is 0.195 e. The number of halogens is 1. The van der Waals surface area contributed by atoms with Crippen molar-refractivity contribution in [3.8, 4) is 11.5 Å². The number of ether oxygens (including phenoxy) is 2. The van der Waals surface area contributed by atoms with Gasteiger partial charge in [0.25, 0.3) is 0 Å². The molecule has 0 aliphatic carbocycles. The van der Waals surface area contributed by atoms with Gasteiger partial charge in [-0.05, 0) is 43.9 Å². The maximum absolute atomic E-state index is 13.9. The summed E-state index contributed by atoms with van der Waals surface area (Å²) in [4.78, 5) is 6.20. The van der Waals surface area contributed by atoms with E-state index in [2.05, 4.69) is 15.6 Å². The van der Waals surface area contributed by atoms with Gasteiger partial charge in [-0.15, -0.1) is 0 Å². The van der Waals surface area contributed by atoms with Crippen LogP contribution in [0.5, 0.6) is 11.5 Å². The number of nitrogens with one attached hydrogen (secondary N) is 2. The van der Waals surface area contributed by atoms with Crippen LogP contribution in [0.25, 0.3) is 0 Å². The molecule has 1 aliphatic rings. The lowest BCUT2D eigenvalue weighted by molar-refractivity contribution is 0.297. The first-order valence-electron chi connectivity index (χ1n) is 9.34. The molecule has 28 heavy (non-hydrogen) atoms. The summed E-state index contributed by atoms with van der Waals surface area (Å²) >= 11 is 0. The van der Waals surface area contributed by atoms with Gasteiger partial charge in [0.05, 0.1) is 13.2 Å². The zero-order chi connectivity index (χ0) is 19.9. The number of hydrogen-bond donors (Lipinski definition) is 2. The predicted octanol–water partition coefficient (Wildman–Crippen LogP) is 3.24. The Bertz CT molecular complexity index is 839. The molecule has 7 heteroatoms. The minimum atomic E-state index is -0.188. The summed E-state index contributed by atoms with van der Waals surface area (Å²) in [7, 11) is 5.55. The van der Waals surface area contributed by atoms with Crippen molar-refractivity contribution in [2.45, 2.75) is 19.5 Å². The fraction of sp³-hybridized carbons (Fsp3) is 0.381. The van der Waals surface area contributed by atoms with E-state index in [0.717, 1.165) is 29.2 Å². The number of rotatable bonds is 5.